The van der Waals surface area contributed by atoms with Crippen molar-refractivity contribution in [3.63, 3.8) is 0 Å². The zero-order valence-corrected chi connectivity index (χ0v) is 8.30. The lowest BCUT2D eigenvalue weighted by Crippen LogP contribution is -2.34. The maximum atomic E-state index is 10.4. The second kappa shape index (κ2) is 5.33. The Morgan fingerprint density at radius 3 is 2.54 bits per heavy atom. The number of rotatable bonds is 5. The molecule has 0 amide bonds. The van der Waals surface area contributed by atoms with Crippen molar-refractivity contribution >= 4 is 14.8 Å². The number of carbonyl (C=O) groups is 1. The van der Waals surface area contributed by atoms with E-state index in [0.29, 0.717) is 0 Å². The second-order valence-corrected chi connectivity index (χ2v) is 4.61. The summed E-state index contributed by atoms with van der Waals surface area (Å²) in [5.41, 5.74) is 0. The third kappa shape index (κ3) is 9.48. The van der Waals surface area contributed by atoms with E-state index in [1.165, 1.54) is 13.3 Å². The number of hydrogen-bond acceptors (Lipinski definition) is 5. The number of carbonyl (C=O) groups excluding carboxylic acids is 1. The summed E-state index contributed by atoms with van der Waals surface area (Å²) in [5, 5.41) is 0. The predicted molar refractivity (Wildman–Crippen MR) is 46.0 cm³/mol. The van der Waals surface area contributed by atoms with Gasteiger partial charge in [0.05, 0.1) is 0 Å². The van der Waals surface area contributed by atoms with Gasteiger partial charge in [-0.1, -0.05) is 0 Å². The Balaban J connectivity index is 3.48. The minimum absolute atomic E-state index is 0.177. The highest BCUT2D eigenvalue weighted by molar-refractivity contribution is 6.56. The number of ether oxygens (including phenoxy) is 1. The molecule has 0 saturated heterocycles. The summed E-state index contributed by atoms with van der Waals surface area (Å²) in [5.74, 6) is -0.499. The van der Waals surface area contributed by atoms with Gasteiger partial charge in [-0.25, -0.2) is 0 Å². The summed E-state index contributed by atoms with van der Waals surface area (Å²) >= 11 is 0. The van der Waals surface area contributed by atoms with Gasteiger partial charge in [-0.2, -0.15) is 0 Å². The maximum absolute atomic E-state index is 10.4. The molecule has 0 heterocycles. The molecule has 3 radical (unpaired) electrons. The minimum Gasteiger partial charge on any atom is -0.462 e. The van der Waals surface area contributed by atoms with Crippen molar-refractivity contribution < 1.29 is 23.9 Å². The molecular formula is C7H13O5Si. The topological polar surface area (TPSA) is 87.0 Å². The van der Waals surface area contributed by atoms with Crippen molar-refractivity contribution in [3.05, 3.63) is 13.3 Å². The largest absolute Gasteiger partial charge is 0.493 e. The highest BCUT2D eigenvalue weighted by Crippen LogP contribution is 2.07. The molecule has 1 unspecified atom stereocenters. The van der Waals surface area contributed by atoms with Crippen molar-refractivity contribution in [1.82, 2.24) is 0 Å². The summed E-state index contributed by atoms with van der Waals surface area (Å²) in [6.07, 6.45) is 0.754. The van der Waals surface area contributed by atoms with Crippen LogP contribution in [-0.4, -0.2) is 35.3 Å². The lowest BCUT2D eigenvalue weighted by molar-refractivity contribution is -0.144. The van der Waals surface area contributed by atoms with Crippen LogP contribution in [0.1, 0.15) is 13.3 Å². The average molecular weight is 205 g/mol. The van der Waals surface area contributed by atoms with Crippen molar-refractivity contribution in [2.75, 3.05) is 0 Å². The van der Waals surface area contributed by atoms with Crippen LogP contribution in [0.15, 0.2) is 0 Å². The Kier molecular flexibility index (Phi) is 5.15. The van der Waals surface area contributed by atoms with Crippen molar-refractivity contribution in [2.45, 2.75) is 25.5 Å². The molecule has 0 aromatic carbocycles. The fraction of sp³-hybridized carbons (Fsp3) is 0.571. The van der Waals surface area contributed by atoms with E-state index < -0.39 is 20.9 Å². The standard InChI is InChI=1S/C7H13O5Si/c1-6(12-7(2)8)4-3-5-13(9,10)11/h1,3,6,9-11H,4-5H2,2H3. The summed E-state index contributed by atoms with van der Waals surface area (Å²) < 4.78 is 4.54. The van der Waals surface area contributed by atoms with Crippen LogP contribution >= 0.6 is 0 Å². The van der Waals surface area contributed by atoms with E-state index in [4.69, 9.17) is 21.3 Å². The fourth-order valence-electron chi connectivity index (χ4n) is 0.703. The van der Waals surface area contributed by atoms with Crippen LogP contribution in [0.25, 0.3) is 0 Å². The summed E-state index contributed by atoms with van der Waals surface area (Å²) in [6, 6.07) is -0.220. The lowest BCUT2D eigenvalue weighted by atomic mass is 10.2. The molecule has 13 heavy (non-hydrogen) atoms. The minimum atomic E-state index is -4.02. The van der Waals surface area contributed by atoms with Gasteiger partial charge in [0.15, 0.2) is 0 Å². The third-order valence-electron chi connectivity index (χ3n) is 1.13. The van der Waals surface area contributed by atoms with E-state index in [2.05, 4.69) is 4.74 Å². The van der Waals surface area contributed by atoms with Gasteiger partial charge in [-0.15, -0.1) is 0 Å². The van der Waals surface area contributed by atoms with Gasteiger partial charge >= 0.3 is 14.8 Å². The molecule has 3 N–H and O–H groups in total. The average Bonchev–Trinajstić information content (AvgIpc) is 1.81. The molecule has 0 aliphatic rings. The summed E-state index contributed by atoms with van der Waals surface area (Å²) in [6.45, 7) is 6.53. The van der Waals surface area contributed by atoms with Gasteiger partial charge in [-0.3, -0.25) is 4.79 Å². The van der Waals surface area contributed by atoms with Crippen LogP contribution in [0.3, 0.4) is 0 Å². The van der Waals surface area contributed by atoms with E-state index in [9.17, 15) is 4.79 Å². The van der Waals surface area contributed by atoms with Gasteiger partial charge < -0.3 is 19.1 Å². The molecule has 0 aliphatic heterocycles. The molecule has 0 aromatic heterocycles. The van der Waals surface area contributed by atoms with E-state index in [1.54, 1.807) is 0 Å². The van der Waals surface area contributed by atoms with Crippen molar-refractivity contribution in [2.24, 2.45) is 0 Å². The fourth-order valence-corrected chi connectivity index (χ4v) is 1.26. The molecule has 0 aliphatic carbocycles. The monoisotopic (exact) mass is 205 g/mol. The predicted octanol–water partition coefficient (Wildman–Crippen LogP) is -0.861. The molecule has 1 atom stereocenters. The van der Waals surface area contributed by atoms with Crippen LogP contribution in [-0.2, 0) is 9.53 Å². The van der Waals surface area contributed by atoms with Gasteiger partial charge in [0.25, 0.3) is 0 Å². The normalized spacial score (nSPS) is 13.9. The Hall–Kier alpha value is -0.433. The molecule has 0 spiro atoms. The lowest BCUT2D eigenvalue weighted by Gasteiger charge is -2.12. The first-order valence-electron chi connectivity index (χ1n) is 3.73. The second-order valence-electron chi connectivity index (χ2n) is 2.65. The Morgan fingerprint density at radius 2 is 2.15 bits per heavy atom. The molecule has 0 rings (SSSR count). The zero-order valence-electron chi connectivity index (χ0n) is 7.30. The summed E-state index contributed by atoms with van der Waals surface area (Å²) in [4.78, 5) is 36.1. The number of esters is 1. The highest BCUT2D eigenvalue weighted by atomic mass is 28.4. The Morgan fingerprint density at radius 1 is 1.62 bits per heavy atom. The van der Waals surface area contributed by atoms with E-state index in [1.807, 2.05) is 0 Å². The third-order valence-corrected chi connectivity index (χ3v) is 1.97. The first-order chi connectivity index (χ1) is 5.81. The van der Waals surface area contributed by atoms with E-state index in [0.717, 1.165) is 0 Å². The summed E-state index contributed by atoms with van der Waals surface area (Å²) in [7, 11) is -4.02. The van der Waals surface area contributed by atoms with Crippen LogP contribution in [0.2, 0.25) is 6.04 Å². The van der Waals surface area contributed by atoms with Crippen LogP contribution in [0.5, 0.6) is 0 Å². The van der Waals surface area contributed by atoms with Crippen molar-refractivity contribution in [1.29, 1.82) is 0 Å². The molecular weight excluding hydrogens is 192 g/mol. The van der Waals surface area contributed by atoms with Crippen LogP contribution < -0.4 is 0 Å². The Bertz CT molecular complexity index is 165. The molecule has 6 heteroatoms. The van der Waals surface area contributed by atoms with Gasteiger partial charge in [0, 0.05) is 19.9 Å². The first-order valence-corrected chi connectivity index (χ1v) is 5.78. The van der Waals surface area contributed by atoms with Crippen LogP contribution in [0, 0.1) is 13.3 Å². The van der Waals surface area contributed by atoms with Crippen molar-refractivity contribution in [3.8, 4) is 0 Å². The Labute approximate surface area is 78.3 Å². The highest BCUT2D eigenvalue weighted by Gasteiger charge is 2.26. The quantitative estimate of drug-likeness (QED) is 0.401. The van der Waals surface area contributed by atoms with Gasteiger partial charge in [0.2, 0.25) is 0 Å². The molecule has 0 saturated carbocycles. The van der Waals surface area contributed by atoms with Gasteiger partial charge in [0.1, 0.15) is 6.10 Å². The smallest absolute Gasteiger partial charge is 0.462 e. The first kappa shape index (κ1) is 12.6. The van der Waals surface area contributed by atoms with E-state index >= 15 is 0 Å². The van der Waals surface area contributed by atoms with E-state index in [-0.39, 0.29) is 12.5 Å². The number of hydrogen-bond donors (Lipinski definition) is 3. The molecule has 5 nitrogen and oxygen atoms in total. The molecule has 75 valence electrons. The molecule has 0 fully saturated rings. The van der Waals surface area contributed by atoms with Crippen LogP contribution in [0.4, 0.5) is 0 Å². The molecule has 0 bridgehead atoms. The zero-order chi connectivity index (χ0) is 10.5. The van der Waals surface area contributed by atoms with Gasteiger partial charge in [-0.05, 0) is 12.8 Å². The maximum Gasteiger partial charge on any atom is 0.493 e. The molecule has 0 aromatic rings. The SMILES string of the molecule is [CH]C(C[CH]C[Si](O)(O)O)OC(C)=O.